The summed E-state index contributed by atoms with van der Waals surface area (Å²) >= 11 is 0. The minimum atomic E-state index is -0.787. The Hall–Kier alpha value is -1.14. The van der Waals surface area contributed by atoms with Crippen LogP contribution in [0.2, 0.25) is 0 Å². The summed E-state index contributed by atoms with van der Waals surface area (Å²) in [6.45, 7) is 5.80. The molecule has 0 spiro atoms. The maximum Gasteiger partial charge on any atom is 0.248 e. The van der Waals surface area contributed by atoms with Crippen LogP contribution in [0, 0.1) is 0 Å². The van der Waals surface area contributed by atoms with Crippen LogP contribution in [-0.4, -0.2) is 61.3 Å². The topological polar surface area (TPSA) is 67.9 Å². The second kappa shape index (κ2) is 5.24. The van der Waals surface area contributed by atoms with Crippen LogP contribution in [0.4, 0.5) is 0 Å². The molecule has 2 saturated heterocycles. The van der Waals surface area contributed by atoms with Crippen molar-refractivity contribution in [2.75, 3.05) is 32.9 Å². The zero-order chi connectivity index (χ0) is 13.2. The molecule has 0 aromatic heterocycles. The summed E-state index contributed by atoms with van der Waals surface area (Å²) in [5, 5.41) is 2.76. The number of carbonyl (C=O) groups is 2. The molecular formula is C12H20N2O4. The molecule has 1 N–H and O–H groups in total. The van der Waals surface area contributed by atoms with Crippen LogP contribution in [0.1, 0.15) is 20.3 Å². The fourth-order valence-electron chi connectivity index (χ4n) is 2.27. The summed E-state index contributed by atoms with van der Waals surface area (Å²) in [5.41, 5.74) is -0.787. The summed E-state index contributed by atoms with van der Waals surface area (Å²) in [6.07, 6.45) is 0.450. The molecule has 0 aliphatic carbocycles. The van der Waals surface area contributed by atoms with E-state index in [2.05, 4.69) is 5.32 Å². The smallest absolute Gasteiger partial charge is 0.248 e. The molecule has 6 nitrogen and oxygen atoms in total. The Morgan fingerprint density at radius 1 is 1.44 bits per heavy atom. The number of ether oxygens (including phenoxy) is 2. The van der Waals surface area contributed by atoms with Gasteiger partial charge in [0.1, 0.15) is 5.54 Å². The Labute approximate surface area is 107 Å². The van der Waals surface area contributed by atoms with Gasteiger partial charge < -0.3 is 19.7 Å². The number of hydrogen-bond acceptors (Lipinski definition) is 4. The quantitative estimate of drug-likeness (QED) is 0.741. The van der Waals surface area contributed by atoms with Crippen molar-refractivity contribution in [3.8, 4) is 0 Å². The number of nitrogens with one attached hydrogen (secondary N) is 1. The van der Waals surface area contributed by atoms with Crippen molar-refractivity contribution in [3.05, 3.63) is 0 Å². The van der Waals surface area contributed by atoms with Crippen molar-refractivity contribution in [1.29, 1.82) is 0 Å². The third-order valence-electron chi connectivity index (χ3n) is 3.53. The van der Waals surface area contributed by atoms with Crippen LogP contribution in [-0.2, 0) is 19.1 Å². The first kappa shape index (κ1) is 13.3. The van der Waals surface area contributed by atoms with Gasteiger partial charge in [-0.2, -0.15) is 0 Å². The van der Waals surface area contributed by atoms with Crippen LogP contribution in [0.3, 0.4) is 0 Å². The molecule has 2 fully saturated rings. The Morgan fingerprint density at radius 3 is 2.83 bits per heavy atom. The first-order valence-electron chi connectivity index (χ1n) is 6.35. The third-order valence-corrected chi connectivity index (χ3v) is 3.53. The van der Waals surface area contributed by atoms with Crippen LogP contribution >= 0.6 is 0 Å². The van der Waals surface area contributed by atoms with E-state index >= 15 is 0 Å². The van der Waals surface area contributed by atoms with Crippen molar-refractivity contribution in [2.24, 2.45) is 0 Å². The number of amides is 2. The molecule has 2 aliphatic heterocycles. The maximum atomic E-state index is 12.3. The van der Waals surface area contributed by atoms with Gasteiger partial charge in [-0.15, -0.1) is 0 Å². The lowest BCUT2D eigenvalue weighted by Crippen LogP contribution is -2.66. The summed E-state index contributed by atoms with van der Waals surface area (Å²) < 4.78 is 10.8. The molecule has 2 rings (SSSR count). The van der Waals surface area contributed by atoms with Crippen LogP contribution in [0.15, 0.2) is 0 Å². The Bertz CT molecular complexity index is 341. The second-order valence-electron chi connectivity index (χ2n) is 4.99. The van der Waals surface area contributed by atoms with Gasteiger partial charge in [0.05, 0.1) is 32.5 Å². The fraction of sp³-hybridized carbons (Fsp3) is 0.833. The van der Waals surface area contributed by atoms with Crippen LogP contribution < -0.4 is 5.32 Å². The van der Waals surface area contributed by atoms with Crippen LogP contribution in [0.5, 0.6) is 0 Å². The maximum absolute atomic E-state index is 12.3. The predicted octanol–water partition coefficient (Wildman–Crippen LogP) is -0.471. The van der Waals surface area contributed by atoms with E-state index in [1.54, 1.807) is 11.8 Å². The van der Waals surface area contributed by atoms with Gasteiger partial charge in [-0.3, -0.25) is 9.59 Å². The van der Waals surface area contributed by atoms with Gasteiger partial charge in [0, 0.05) is 6.54 Å². The van der Waals surface area contributed by atoms with Crippen molar-refractivity contribution in [3.63, 3.8) is 0 Å². The number of hydrogen-bond donors (Lipinski definition) is 1. The van der Waals surface area contributed by atoms with Crippen molar-refractivity contribution >= 4 is 11.8 Å². The Balaban J connectivity index is 2.02. The first-order valence-corrected chi connectivity index (χ1v) is 6.35. The molecule has 102 valence electrons. The van der Waals surface area contributed by atoms with Gasteiger partial charge in [-0.05, 0) is 13.3 Å². The highest BCUT2D eigenvalue weighted by atomic mass is 16.6. The zero-order valence-corrected chi connectivity index (χ0v) is 10.9. The van der Waals surface area contributed by atoms with Gasteiger partial charge in [0.25, 0.3) is 0 Å². The third kappa shape index (κ3) is 2.64. The molecule has 2 atom stereocenters. The van der Waals surface area contributed by atoms with E-state index in [0.29, 0.717) is 32.8 Å². The van der Waals surface area contributed by atoms with Crippen molar-refractivity contribution < 1.29 is 19.1 Å². The fourth-order valence-corrected chi connectivity index (χ4v) is 2.27. The van der Waals surface area contributed by atoms with E-state index in [1.807, 2.05) is 6.92 Å². The highest BCUT2D eigenvalue weighted by Gasteiger charge is 2.42. The lowest BCUT2D eigenvalue weighted by Gasteiger charge is -2.40. The second-order valence-corrected chi connectivity index (χ2v) is 4.99. The minimum absolute atomic E-state index is 0.0428. The predicted molar refractivity (Wildman–Crippen MR) is 64.0 cm³/mol. The first-order chi connectivity index (χ1) is 8.55. The molecule has 0 aromatic rings. The normalized spacial score (nSPS) is 33.4. The summed E-state index contributed by atoms with van der Waals surface area (Å²) in [6, 6.07) is 0. The van der Waals surface area contributed by atoms with Gasteiger partial charge in [0.2, 0.25) is 11.8 Å². The number of carbonyl (C=O) groups excluding carboxylic acids is 2. The molecular weight excluding hydrogens is 236 g/mol. The van der Waals surface area contributed by atoms with Gasteiger partial charge in [0.15, 0.2) is 0 Å². The summed E-state index contributed by atoms with van der Waals surface area (Å²) in [4.78, 5) is 25.5. The molecule has 6 heteroatoms. The van der Waals surface area contributed by atoms with Gasteiger partial charge >= 0.3 is 0 Å². The van der Waals surface area contributed by atoms with E-state index in [-0.39, 0.29) is 24.5 Å². The summed E-state index contributed by atoms with van der Waals surface area (Å²) in [5.74, 6) is -0.158. The molecule has 2 aliphatic rings. The Morgan fingerprint density at radius 2 is 2.22 bits per heavy atom. The summed E-state index contributed by atoms with van der Waals surface area (Å²) in [7, 11) is 0. The molecule has 0 aromatic carbocycles. The lowest BCUT2D eigenvalue weighted by molar-refractivity contribution is -0.154. The molecule has 18 heavy (non-hydrogen) atoms. The largest absolute Gasteiger partial charge is 0.376 e. The van der Waals surface area contributed by atoms with Gasteiger partial charge in [-0.1, -0.05) is 6.92 Å². The standard InChI is InChI=1S/C12H20N2O4/c1-3-12(2)11(16)14(7-10(15)13-12)6-9-8-17-4-5-18-9/h9H,3-8H2,1-2H3,(H,13,15). The average molecular weight is 256 g/mol. The van der Waals surface area contributed by atoms with E-state index in [4.69, 9.17) is 9.47 Å². The van der Waals surface area contributed by atoms with Gasteiger partial charge in [-0.25, -0.2) is 0 Å². The highest BCUT2D eigenvalue weighted by Crippen LogP contribution is 2.18. The van der Waals surface area contributed by atoms with E-state index in [0.717, 1.165) is 0 Å². The highest BCUT2D eigenvalue weighted by molar-refractivity contribution is 5.97. The lowest BCUT2D eigenvalue weighted by atomic mass is 9.94. The SMILES string of the molecule is CCC1(C)NC(=O)CN(CC2COCCO2)C1=O. The van der Waals surface area contributed by atoms with Crippen molar-refractivity contribution in [1.82, 2.24) is 10.2 Å². The molecule has 0 radical (unpaired) electrons. The van der Waals surface area contributed by atoms with E-state index < -0.39 is 5.54 Å². The average Bonchev–Trinajstić information content (AvgIpc) is 2.37. The van der Waals surface area contributed by atoms with Crippen molar-refractivity contribution in [2.45, 2.75) is 31.9 Å². The molecule has 2 unspecified atom stereocenters. The molecule has 0 bridgehead atoms. The van der Waals surface area contributed by atoms with Crippen LogP contribution in [0.25, 0.3) is 0 Å². The molecule has 2 heterocycles. The monoisotopic (exact) mass is 256 g/mol. The number of rotatable bonds is 3. The Kier molecular flexibility index (Phi) is 3.87. The minimum Gasteiger partial charge on any atom is -0.376 e. The zero-order valence-electron chi connectivity index (χ0n) is 10.9. The number of piperazine rings is 1. The van der Waals surface area contributed by atoms with E-state index in [9.17, 15) is 9.59 Å². The molecule has 2 amide bonds. The number of nitrogens with zero attached hydrogens (tertiary/aromatic N) is 1. The van der Waals surface area contributed by atoms with E-state index in [1.165, 1.54) is 0 Å². The molecule has 0 saturated carbocycles.